The van der Waals surface area contributed by atoms with Crippen molar-refractivity contribution >= 4 is 12.1 Å². The summed E-state index contributed by atoms with van der Waals surface area (Å²) in [5.74, 6) is 11.5. The highest BCUT2D eigenvalue weighted by Crippen LogP contribution is 2.34. The molecule has 2 aliphatic rings. The topological polar surface area (TPSA) is 163 Å². The van der Waals surface area contributed by atoms with Gasteiger partial charge in [-0.2, -0.15) is 0 Å². The molecule has 8 aromatic rings. The van der Waals surface area contributed by atoms with E-state index in [1.807, 2.05) is 121 Å². The number of methoxy groups -OCH3 is 1. The van der Waals surface area contributed by atoms with Crippen molar-refractivity contribution in [3.63, 3.8) is 0 Å². The van der Waals surface area contributed by atoms with Gasteiger partial charge in [0.15, 0.2) is 25.2 Å². The van der Waals surface area contributed by atoms with Gasteiger partial charge in [0.25, 0.3) is 0 Å². The Kier molecular flexibility index (Phi) is 62.7. The lowest BCUT2D eigenvalue weighted by Crippen LogP contribution is -2.26. The number of esters is 1. The van der Waals surface area contributed by atoms with Crippen LogP contribution in [0.15, 0.2) is 194 Å². The fourth-order valence-corrected chi connectivity index (χ4v) is 15.3. The van der Waals surface area contributed by atoms with Crippen molar-refractivity contribution in [1.29, 1.82) is 0 Å². The van der Waals surface area contributed by atoms with E-state index in [4.69, 9.17) is 66.3 Å². The lowest BCUT2D eigenvalue weighted by Gasteiger charge is -2.26. The first-order valence-electron chi connectivity index (χ1n) is 54.4. The van der Waals surface area contributed by atoms with Gasteiger partial charge >= 0.3 is 12.1 Å². The van der Waals surface area contributed by atoms with Gasteiger partial charge in [0, 0.05) is 39.1 Å². The lowest BCUT2D eigenvalue weighted by atomic mass is 9.90. The van der Waals surface area contributed by atoms with Crippen LogP contribution < -0.4 is 33.2 Å². The number of carbonyl (C=O) groups excluding carboxylic acids is 2. The molecule has 0 aromatic heterocycles. The third kappa shape index (κ3) is 53.8. The first kappa shape index (κ1) is 127. The molecule has 0 spiro atoms. The van der Waals surface area contributed by atoms with Crippen LogP contribution in [0, 0.1) is 11.8 Å². The van der Waals surface area contributed by atoms with E-state index < -0.39 is 17.4 Å². The minimum atomic E-state index is -0.668. The van der Waals surface area contributed by atoms with Gasteiger partial charge in [-0.25, -0.2) is 9.59 Å². The zero-order chi connectivity index (χ0) is 106. The van der Waals surface area contributed by atoms with Crippen molar-refractivity contribution in [3.8, 4) is 40.2 Å². The first-order chi connectivity index (χ1) is 67.4. The second-order valence-electron chi connectivity index (χ2n) is 41.8. The Morgan fingerprint density at radius 2 is 0.577 bits per heavy atom. The zero-order valence-electron chi connectivity index (χ0n) is 95.0. The maximum atomic E-state index is 11.8. The molecule has 0 radical (unpaired) electrons. The molecule has 142 heavy (non-hydrogen) atoms. The Morgan fingerprint density at radius 1 is 0.296 bits per heavy atom. The summed E-state index contributed by atoms with van der Waals surface area (Å²) in [6.45, 7) is 71.1. The molecular formula is C126H196O16. The van der Waals surface area contributed by atoms with E-state index in [1.54, 1.807) is 40.0 Å². The second-order valence-corrected chi connectivity index (χ2v) is 41.8. The molecule has 0 heterocycles. The minimum absolute atomic E-state index is 0.113. The summed E-state index contributed by atoms with van der Waals surface area (Å²) in [6.07, 6.45) is 23.0. The van der Waals surface area contributed by atoms with Gasteiger partial charge in [-0.1, -0.05) is 274 Å². The number of hydrogen-bond donors (Lipinski definition) is 0. The molecule has 10 rings (SSSR count). The van der Waals surface area contributed by atoms with Crippen molar-refractivity contribution in [2.75, 3.05) is 26.9 Å². The normalized spacial score (nSPS) is 15.5. The monoisotopic (exact) mass is 1970 g/mol. The van der Waals surface area contributed by atoms with Crippen LogP contribution in [0.5, 0.6) is 40.2 Å². The molecule has 796 valence electrons. The SMILES string of the molecule is CCC(C)c1ccc(C(=O)OC(C)(C)C)cc1.CCC(C)c1ccc(OC(=O)OC(C)(C)C)cc1.CCC(C)c1ccc(OC(C)(C)C)cc1.CCC(C)c1ccc(OC(C)OC2CCCCC2)cc1.CCC(C)c1ccc(OC(OC)C(C)C)cc1.CCC(OCC1CCCCC1)Oc1ccc(C(C)CC)cc1.CCOC(C)Oc1ccc(C(C)CC)cc1.CCOC(CC)Oc1ccc(C(C)CC)cc1. The maximum absolute atomic E-state index is 11.8. The number of benzene rings is 8. The average Bonchev–Trinajstić information content (AvgIpc) is 0.858. The van der Waals surface area contributed by atoms with Gasteiger partial charge in [0.05, 0.1) is 18.3 Å². The highest BCUT2D eigenvalue weighted by Gasteiger charge is 2.24. The largest absolute Gasteiger partial charge is 0.514 e. The van der Waals surface area contributed by atoms with E-state index in [0.29, 0.717) is 83.9 Å². The quantitative estimate of drug-likeness (QED) is 0.0201. The molecule has 0 aliphatic heterocycles. The van der Waals surface area contributed by atoms with Crippen LogP contribution in [0.2, 0.25) is 0 Å². The van der Waals surface area contributed by atoms with Crippen molar-refractivity contribution in [1.82, 2.24) is 0 Å². The molecule has 16 heteroatoms. The van der Waals surface area contributed by atoms with E-state index in [0.717, 1.165) is 92.0 Å². The molecular weight excluding hydrogens is 1770 g/mol. The van der Waals surface area contributed by atoms with E-state index in [1.165, 1.54) is 128 Å². The van der Waals surface area contributed by atoms with E-state index in [-0.39, 0.29) is 43.0 Å². The Hall–Kier alpha value is -8.90. The molecule has 2 saturated carbocycles. The third-order valence-corrected chi connectivity index (χ3v) is 25.9. The van der Waals surface area contributed by atoms with E-state index in [9.17, 15) is 9.59 Å². The van der Waals surface area contributed by atoms with Crippen molar-refractivity contribution < 1.29 is 75.9 Å². The smallest absolute Gasteiger partial charge is 0.488 e. The van der Waals surface area contributed by atoms with E-state index >= 15 is 0 Å². The highest BCUT2D eigenvalue weighted by atomic mass is 16.7. The van der Waals surface area contributed by atoms with Crippen LogP contribution in [-0.4, -0.2) is 93.4 Å². The summed E-state index contributed by atoms with van der Waals surface area (Å²) in [5, 5.41) is 0. The average molecular weight is 1970 g/mol. The highest BCUT2D eigenvalue weighted by molar-refractivity contribution is 5.89. The molecule has 0 N–H and O–H groups in total. The summed E-state index contributed by atoms with van der Waals surface area (Å²) < 4.78 is 78.3. The predicted octanol–water partition coefficient (Wildman–Crippen LogP) is 36.8. The van der Waals surface area contributed by atoms with Crippen molar-refractivity contribution in [2.24, 2.45) is 11.8 Å². The number of hydrogen-bond acceptors (Lipinski definition) is 16. The molecule has 13 unspecified atom stereocenters. The van der Waals surface area contributed by atoms with Crippen molar-refractivity contribution in [3.05, 3.63) is 244 Å². The fourth-order valence-electron chi connectivity index (χ4n) is 15.3. The predicted molar refractivity (Wildman–Crippen MR) is 593 cm³/mol. The van der Waals surface area contributed by atoms with Crippen LogP contribution in [0.3, 0.4) is 0 Å². The van der Waals surface area contributed by atoms with Gasteiger partial charge in [-0.05, 0) is 362 Å². The van der Waals surface area contributed by atoms with Crippen LogP contribution in [0.4, 0.5) is 4.79 Å². The Balaban J connectivity index is 0.000000418. The standard InChI is InChI=1S/C20H32O2.C18H28O2.C15H22O3.C15H22O2.2C15H24O2.C14H22O2.C14H22O/c1-4-16(3)18-11-13-19(14-12-18)22-20(5-2)21-15-17-9-7-6-8-10-17;1-4-14(2)16-10-12-18(13-11-16)20-15(3)19-17-8-6-5-7-9-17;1-6-11(2)12-7-9-13(10-8-12)17-14(16)18-15(3,4)5;1-6-11(2)12-7-9-13(10-8-12)14(16)17-15(3,4)5;1-6-12(4)13-7-9-14(10-8-13)17-15(16-5)11(2)3;1-5-12(4)13-8-10-14(11-9-13)17-15(6-2)16-7-3;1-5-11(3)13-7-9-14(10-8-13)16-12(4)15-6-2;1-6-11(2)12-7-9-13(10-8-12)15-14(3,4)5/h11-14,16-17,20H,4-10,15H2,1-3H3;10-15,17H,4-9H2,1-3H3;7-11H,6H2,1-5H3;7-11H,6H2,1-5H3;7-12,15H,6H2,1-5H3;8-12,15H,5-7H2,1-4H3;7-12H,5-6H2,1-4H3;7-11H,6H2,1-5H3. The van der Waals surface area contributed by atoms with Gasteiger partial charge in [-0.15, -0.1) is 0 Å². The molecule has 0 saturated heterocycles. The van der Waals surface area contributed by atoms with Crippen LogP contribution in [0.25, 0.3) is 0 Å². The summed E-state index contributed by atoms with van der Waals surface area (Å²) in [6, 6.07) is 65.6. The number of ether oxygens (including phenoxy) is 14. The van der Waals surface area contributed by atoms with Crippen LogP contribution >= 0.6 is 0 Å². The summed E-state index contributed by atoms with van der Waals surface area (Å²) in [7, 11) is 1.68. The Morgan fingerprint density at radius 3 is 0.866 bits per heavy atom. The number of carbonyl (C=O) groups is 2. The number of rotatable bonds is 42. The summed E-state index contributed by atoms with van der Waals surface area (Å²) in [5.41, 5.74) is 10.3. The fraction of sp³-hybridized carbons (Fsp3) is 0.603. The summed E-state index contributed by atoms with van der Waals surface area (Å²) >= 11 is 0. The third-order valence-electron chi connectivity index (χ3n) is 25.9. The molecule has 0 amide bonds. The molecule has 13 atom stereocenters. The molecule has 8 aromatic carbocycles. The maximum Gasteiger partial charge on any atom is 0.514 e. The second kappa shape index (κ2) is 70.0. The zero-order valence-corrected chi connectivity index (χ0v) is 95.0. The minimum Gasteiger partial charge on any atom is -0.488 e. The summed E-state index contributed by atoms with van der Waals surface area (Å²) in [4.78, 5) is 23.2. The van der Waals surface area contributed by atoms with Crippen molar-refractivity contribution in [2.45, 2.75) is 459 Å². The van der Waals surface area contributed by atoms with E-state index in [2.05, 4.69) is 268 Å². The van der Waals surface area contributed by atoms with Crippen LogP contribution in [-0.2, 0) is 33.2 Å². The van der Waals surface area contributed by atoms with Gasteiger partial charge in [0.1, 0.15) is 57.0 Å². The Labute approximate surface area is 864 Å². The molecule has 0 bridgehead atoms. The Bertz CT molecular complexity index is 4480. The molecule has 2 fully saturated rings. The first-order valence-corrected chi connectivity index (χ1v) is 54.4. The molecule has 16 nitrogen and oxygen atoms in total. The van der Waals surface area contributed by atoms with Gasteiger partial charge < -0.3 is 66.3 Å². The van der Waals surface area contributed by atoms with Gasteiger partial charge in [0.2, 0.25) is 6.29 Å². The molecule has 2 aliphatic carbocycles. The lowest BCUT2D eigenvalue weighted by molar-refractivity contribution is -0.116. The van der Waals surface area contributed by atoms with Gasteiger partial charge in [-0.3, -0.25) is 0 Å². The van der Waals surface area contributed by atoms with Crippen LogP contribution in [0.1, 0.15) is 459 Å².